The molecule has 0 amide bonds. The summed E-state index contributed by atoms with van der Waals surface area (Å²) >= 11 is 6.12. The summed E-state index contributed by atoms with van der Waals surface area (Å²) in [6, 6.07) is 9.40. The molecule has 0 fully saturated rings. The quantitative estimate of drug-likeness (QED) is 0.616. The van der Waals surface area contributed by atoms with Crippen molar-refractivity contribution in [1.29, 1.82) is 0 Å². The van der Waals surface area contributed by atoms with Gasteiger partial charge in [-0.3, -0.25) is 5.43 Å². The number of benzene rings is 2. The van der Waals surface area contributed by atoms with Gasteiger partial charge in [-0.2, -0.15) is 5.10 Å². The summed E-state index contributed by atoms with van der Waals surface area (Å²) in [7, 11) is 4.74. The number of rotatable bonds is 6. The van der Waals surface area contributed by atoms with Gasteiger partial charge in [-0.15, -0.1) is 0 Å². The Morgan fingerprint density at radius 1 is 1.00 bits per heavy atom. The molecular weight excluding hydrogens is 328 g/mol. The number of nitrogens with zero attached hydrogens (tertiary/aromatic N) is 1. The van der Waals surface area contributed by atoms with Crippen LogP contribution in [-0.2, 0) is 0 Å². The minimum Gasteiger partial charge on any atom is -0.493 e. The molecule has 2 aromatic rings. The van der Waals surface area contributed by atoms with Gasteiger partial charge >= 0.3 is 0 Å². The Bertz CT molecular complexity index is 735. The average molecular weight is 349 g/mol. The van der Waals surface area contributed by atoms with E-state index in [1.54, 1.807) is 21.3 Å². The van der Waals surface area contributed by atoms with E-state index in [1.165, 1.54) is 0 Å². The molecule has 0 saturated heterocycles. The Hall–Kier alpha value is -2.40. The molecule has 128 valence electrons. The molecule has 0 aliphatic rings. The van der Waals surface area contributed by atoms with Crippen molar-refractivity contribution in [3.8, 4) is 17.2 Å². The molecule has 0 atom stereocenters. The molecule has 0 aromatic heterocycles. The van der Waals surface area contributed by atoms with E-state index < -0.39 is 0 Å². The maximum Gasteiger partial charge on any atom is 0.203 e. The smallest absolute Gasteiger partial charge is 0.203 e. The molecular formula is C18H21ClN2O3. The van der Waals surface area contributed by atoms with Crippen LogP contribution < -0.4 is 19.6 Å². The summed E-state index contributed by atoms with van der Waals surface area (Å²) in [6.07, 6.45) is 0. The van der Waals surface area contributed by atoms with Crippen molar-refractivity contribution in [3.05, 3.63) is 46.5 Å². The lowest BCUT2D eigenvalue weighted by atomic mass is 10.1. The van der Waals surface area contributed by atoms with Crippen LogP contribution in [0.5, 0.6) is 17.2 Å². The first kappa shape index (κ1) is 17.9. The Morgan fingerprint density at radius 3 is 2.12 bits per heavy atom. The molecule has 24 heavy (non-hydrogen) atoms. The highest BCUT2D eigenvalue weighted by atomic mass is 35.5. The molecule has 0 heterocycles. The van der Waals surface area contributed by atoms with Crippen LogP contribution in [0.25, 0.3) is 0 Å². The van der Waals surface area contributed by atoms with Gasteiger partial charge in [-0.25, -0.2) is 0 Å². The monoisotopic (exact) mass is 348 g/mol. The van der Waals surface area contributed by atoms with Crippen LogP contribution in [0.1, 0.15) is 18.1 Å². The van der Waals surface area contributed by atoms with E-state index in [2.05, 4.69) is 10.5 Å². The standard InChI is InChI=1S/C18H21ClN2O3/c1-11-6-7-14(10-15(11)19)21-20-12(2)13-8-16(22-3)18(24-5)17(9-13)23-4/h6-10,21H,1-5H3. The first-order valence-electron chi connectivity index (χ1n) is 7.37. The van der Waals surface area contributed by atoms with Crippen molar-refractivity contribution in [2.24, 2.45) is 5.10 Å². The zero-order valence-corrected chi connectivity index (χ0v) is 15.2. The maximum absolute atomic E-state index is 6.12. The van der Waals surface area contributed by atoms with Crippen molar-refractivity contribution in [2.45, 2.75) is 13.8 Å². The predicted molar refractivity (Wildman–Crippen MR) is 98.1 cm³/mol. The van der Waals surface area contributed by atoms with Crippen LogP contribution in [0.15, 0.2) is 35.4 Å². The third-order valence-electron chi connectivity index (χ3n) is 3.61. The number of nitrogens with one attached hydrogen (secondary N) is 1. The summed E-state index contributed by atoms with van der Waals surface area (Å²) in [4.78, 5) is 0. The van der Waals surface area contributed by atoms with Crippen LogP contribution in [0.3, 0.4) is 0 Å². The molecule has 0 radical (unpaired) electrons. The number of ether oxygens (including phenoxy) is 3. The van der Waals surface area contributed by atoms with Gasteiger partial charge in [0.25, 0.3) is 0 Å². The molecule has 0 bridgehead atoms. The van der Waals surface area contributed by atoms with Gasteiger partial charge in [-0.1, -0.05) is 17.7 Å². The number of anilines is 1. The van der Waals surface area contributed by atoms with Crippen LogP contribution in [-0.4, -0.2) is 27.0 Å². The van der Waals surface area contributed by atoms with Gasteiger partial charge in [0.1, 0.15) is 0 Å². The van der Waals surface area contributed by atoms with Gasteiger partial charge in [0, 0.05) is 10.6 Å². The second-order valence-electron chi connectivity index (χ2n) is 5.19. The zero-order chi connectivity index (χ0) is 17.7. The molecule has 0 spiro atoms. The topological polar surface area (TPSA) is 52.1 Å². The second-order valence-corrected chi connectivity index (χ2v) is 5.59. The van der Waals surface area contributed by atoms with Crippen molar-refractivity contribution < 1.29 is 14.2 Å². The number of hydrogen-bond acceptors (Lipinski definition) is 5. The molecule has 2 rings (SSSR count). The third kappa shape index (κ3) is 3.92. The number of hydrazone groups is 1. The fourth-order valence-electron chi connectivity index (χ4n) is 2.17. The number of hydrogen-bond donors (Lipinski definition) is 1. The summed E-state index contributed by atoms with van der Waals surface area (Å²) in [5, 5.41) is 5.09. The molecule has 0 unspecified atom stereocenters. The largest absolute Gasteiger partial charge is 0.493 e. The minimum absolute atomic E-state index is 0.551. The molecule has 2 aromatic carbocycles. The summed E-state index contributed by atoms with van der Waals surface area (Å²) in [5.41, 5.74) is 6.47. The average Bonchev–Trinajstić information content (AvgIpc) is 2.60. The SMILES string of the molecule is COc1cc(C(C)=NNc2ccc(C)c(Cl)c2)cc(OC)c1OC. The van der Waals surface area contributed by atoms with E-state index in [-0.39, 0.29) is 0 Å². The third-order valence-corrected chi connectivity index (χ3v) is 4.01. The number of methoxy groups -OCH3 is 3. The highest BCUT2D eigenvalue weighted by Gasteiger charge is 2.14. The maximum atomic E-state index is 6.12. The number of halogens is 1. The first-order valence-corrected chi connectivity index (χ1v) is 7.74. The lowest BCUT2D eigenvalue weighted by Gasteiger charge is -2.14. The minimum atomic E-state index is 0.551. The van der Waals surface area contributed by atoms with Crippen LogP contribution in [0.2, 0.25) is 5.02 Å². The highest BCUT2D eigenvalue weighted by Crippen LogP contribution is 2.38. The van der Waals surface area contributed by atoms with Gasteiger partial charge in [0.2, 0.25) is 5.75 Å². The summed E-state index contributed by atoms with van der Waals surface area (Å²) in [5.74, 6) is 1.72. The Labute approximate surface area is 147 Å². The first-order chi connectivity index (χ1) is 11.5. The Balaban J connectivity index is 2.30. The van der Waals surface area contributed by atoms with Crippen LogP contribution >= 0.6 is 11.6 Å². The molecule has 0 saturated carbocycles. The zero-order valence-electron chi connectivity index (χ0n) is 14.4. The lowest BCUT2D eigenvalue weighted by molar-refractivity contribution is 0.324. The van der Waals surface area contributed by atoms with E-state index in [4.69, 9.17) is 25.8 Å². The van der Waals surface area contributed by atoms with Gasteiger partial charge in [-0.05, 0) is 43.7 Å². The predicted octanol–water partition coefficient (Wildman–Crippen LogP) is 4.51. The van der Waals surface area contributed by atoms with Crippen LogP contribution in [0, 0.1) is 6.92 Å². The van der Waals surface area contributed by atoms with Crippen molar-refractivity contribution >= 4 is 23.0 Å². The summed E-state index contributed by atoms with van der Waals surface area (Å²) in [6.45, 7) is 3.85. The fourth-order valence-corrected chi connectivity index (χ4v) is 2.35. The molecule has 6 heteroatoms. The van der Waals surface area contributed by atoms with E-state index in [9.17, 15) is 0 Å². The van der Waals surface area contributed by atoms with Gasteiger partial charge < -0.3 is 14.2 Å². The lowest BCUT2D eigenvalue weighted by Crippen LogP contribution is -2.03. The van der Waals surface area contributed by atoms with Crippen molar-refractivity contribution in [1.82, 2.24) is 0 Å². The Morgan fingerprint density at radius 2 is 1.62 bits per heavy atom. The normalized spacial score (nSPS) is 11.2. The molecule has 5 nitrogen and oxygen atoms in total. The highest BCUT2D eigenvalue weighted by molar-refractivity contribution is 6.31. The van der Waals surface area contributed by atoms with Crippen molar-refractivity contribution in [2.75, 3.05) is 26.8 Å². The van der Waals surface area contributed by atoms with E-state index in [1.807, 2.05) is 44.2 Å². The van der Waals surface area contributed by atoms with E-state index >= 15 is 0 Å². The van der Waals surface area contributed by atoms with Crippen LogP contribution in [0.4, 0.5) is 5.69 Å². The van der Waals surface area contributed by atoms with Gasteiger partial charge in [0.15, 0.2) is 11.5 Å². The second kappa shape index (κ2) is 7.93. The van der Waals surface area contributed by atoms with Gasteiger partial charge in [0.05, 0.1) is 32.7 Å². The van der Waals surface area contributed by atoms with Crippen molar-refractivity contribution in [3.63, 3.8) is 0 Å². The van der Waals surface area contributed by atoms with E-state index in [0.29, 0.717) is 22.3 Å². The fraction of sp³-hybridized carbons (Fsp3) is 0.278. The molecule has 0 aliphatic heterocycles. The molecule has 0 aliphatic carbocycles. The van der Waals surface area contributed by atoms with E-state index in [0.717, 1.165) is 22.5 Å². The Kier molecular flexibility index (Phi) is 5.93. The molecule has 1 N–H and O–H groups in total. The summed E-state index contributed by atoms with van der Waals surface area (Å²) < 4.78 is 16.1. The number of aryl methyl sites for hydroxylation is 1.